The van der Waals surface area contributed by atoms with E-state index in [-0.39, 0.29) is 10.2 Å². The summed E-state index contributed by atoms with van der Waals surface area (Å²) in [5.41, 5.74) is 9.27. The number of hydrogen-bond acceptors (Lipinski definition) is 5. The molecule has 0 unspecified atom stereocenters. The average Bonchev–Trinajstić information content (AvgIpc) is 3.02. The first-order valence-electron chi connectivity index (χ1n) is 9.48. The Kier molecular flexibility index (Phi) is 5.86. The first-order chi connectivity index (χ1) is 15.2. The Morgan fingerprint density at radius 1 is 1.09 bits per heavy atom. The Labute approximate surface area is 192 Å². The van der Waals surface area contributed by atoms with Gasteiger partial charge in [-0.1, -0.05) is 23.2 Å². The lowest BCUT2D eigenvalue weighted by atomic mass is 10.1. The normalized spacial score (nSPS) is 10.9. The number of nitrogens with zero attached hydrogens (tertiary/aromatic N) is 4. The Hall–Kier alpha value is -3.43. The minimum atomic E-state index is -0.545. The second-order valence-corrected chi connectivity index (χ2v) is 7.92. The highest BCUT2D eigenvalue weighted by Crippen LogP contribution is 2.27. The van der Waals surface area contributed by atoms with Crippen molar-refractivity contribution in [1.82, 2.24) is 25.2 Å². The van der Waals surface area contributed by atoms with E-state index in [2.05, 4.69) is 31.2 Å². The summed E-state index contributed by atoms with van der Waals surface area (Å²) in [5.74, 6) is -0.0767. The zero-order valence-corrected chi connectivity index (χ0v) is 18.8. The molecule has 0 fully saturated rings. The predicted molar refractivity (Wildman–Crippen MR) is 123 cm³/mol. The van der Waals surface area contributed by atoms with E-state index < -0.39 is 11.8 Å². The van der Waals surface area contributed by atoms with Crippen LogP contribution in [0.15, 0.2) is 36.4 Å². The van der Waals surface area contributed by atoms with Crippen molar-refractivity contribution in [2.75, 3.05) is 10.7 Å². The van der Waals surface area contributed by atoms with E-state index in [4.69, 9.17) is 23.2 Å². The summed E-state index contributed by atoms with van der Waals surface area (Å²) in [4.78, 5) is 21.1. The fourth-order valence-corrected chi connectivity index (χ4v) is 3.77. The van der Waals surface area contributed by atoms with Gasteiger partial charge in [-0.15, -0.1) is 0 Å². The van der Waals surface area contributed by atoms with Crippen molar-refractivity contribution in [2.45, 2.75) is 13.8 Å². The van der Waals surface area contributed by atoms with Gasteiger partial charge in [0, 0.05) is 23.7 Å². The van der Waals surface area contributed by atoms with Gasteiger partial charge >= 0.3 is 6.03 Å². The van der Waals surface area contributed by atoms with Crippen molar-refractivity contribution < 1.29 is 9.18 Å². The second kappa shape index (κ2) is 8.60. The molecule has 0 bridgehead atoms. The lowest BCUT2D eigenvalue weighted by molar-refractivity contribution is 0.254. The van der Waals surface area contributed by atoms with Crippen molar-refractivity contribution in [3.05, 3.63) is 63.6 Å². The van der Waals surface area contributed by atoms with Gasteiger partial charge in [0.15, 0.2) is 5.65 Å². The van der Waals surface area contributed by atoms with E-state index in [1.54, 1.807) is 10.7 Å². The van der Waals surface area contributed by atoms with Crippen LogP contribution in [0.4, 0.5) is 20.7 Å². The fourth-order valence-electron chi connectivity index (χ4n) is 3.38. The van der Waals surface area contributed by atoms with E-state index >= 15 is 0 Å². The van der Waals surface area contributed by atoms with Gasteiger partial charge in [0.2, 0.25) is 0 Å². The maximum absolute atomic E-state index is 13.4. The molecule has 0 saturated carbocycles. The van der Waals surface area contributed by atoms with E-state index in [1.807, 2.05) is 27.0 Å². The molecule has 4 rings (SSSR count). The lowest BCUT2D eigenvalue weighted by Crippen LogP contribution is -2.34. The third-order valence-corrected chi connectivity index (χ3v) is 5.22. The first-order valence-corrected chi connectivity index (χ1v) is 10.2. The largest absolute Gasteiger partial charge is 0.337 e. The van der Waals surface area contributed by atoms with Gasteiger partial charge in [0.25, 0.3) is 0 Å². The van der Waals surface area contributed by atoms with Gasteiger partial charge in [0.05, 0.1) is 16.4 Å². The van der Waals surface area contributed by atoms with E-state index in [9.17, 15) is 9.18 Å². The number of benzene rings is 1. The van der Waals surface area contributed by atoms with Crippen LogP contribution in [0.1, 0.15) is 11.3 Å². The van der Waals surface area contributed by atoms with Crippen molar-refractivity contribution in [1.29, 1.82) is 0 Å². The van der Waals surface area contributed by atoms with Crippen LogP contribution in [0.3, 0.4) is 0 Å². The third-order valence-electron chi connectivity index (χ3n) is 4.74. The molecule has 3 N–H and O–H groups in total. The molecule has 8 nitrogen and oxygen atoms in total. The average molecular weight is 474 g/mol. The number of aryl methyl sites for hydroxylation is 3. The zero-order chi connectivity index (χ0) is 23.0. The maximum Gasteiger partial charge on any atom is 0.337 e. The summed E-state index contributed by atoms with van der Waals surface area (Å²) in [7, 11) is 1.81. The van der Waals surface area contributed by atoms with Crippen LogP contribution in [0.2, 0.25) is 10.2 Å². The smallest absolute Gasteiger partial charge is 0.306 e. The number of urea groups is 1. The maximum atomic E-state index is 13.4. The molecule has 0 radical (unpaired) electrons. The molecule has 164 valence electrons. The quantitative estimate of drug-likeness (QED) is 0.278. The summed E-state index contributed by atoms with van der Waals surface area (Å²) in [6.07, 6.45) is 0. The monoisotopic (exact) mass is 473 g/mol. The van der Waals surface area contributed by atoms with E-state index in [1.165, 1.54) is 24.3 Å². The molecule has 0 saturated heterocycles. The molecule has 0 aliphatic heterocycles. The lowest BCUT2D eigenvalue weighted by Gasteiger charge is -2.12. The van der Waals surface area contributed by atoms with Crippen molar-refractivity contribution >= 4 is 51.8 Å². The van der Waals surface area contributed by atoms with Crippen molar-refractivity contribution in [2.24, 2.45) is 7.05 Å². The number of hydrazine groups is 1. The summed E-state index contributed by atoms with van der Waals surface area (Å²) in [5, 5.41) is 8.13. The topological polar surface area (TPSA) is 96.8 Å². The van der Waals surface area contributed by atoms with E-state index in [0.29, 0.717) is 28.4 Å². The van der Waals surface area contributed by atoms with Crippen LogP contribution in [-0.4, -0.2) is 25.8 Å². The molecule has 11 heteroatoms. The van der Waals surface area contributed by atoms with Gasteiger partial charge in [-0.05, 0) is 55.8 Å². The van der Waals surface area contributed by atoms with Crippen LogP contribution in [0, 0.1) is 19.7 Å². The highest BCUT2D eigenvalue weighted by molar-refractivity contribution is 6.31. The summed E-state index contributed by atoms with van der Waals surface area (Å²) in [6, 6.07) is 8.55. The number of amides is 2. The third kappa shape index (κ3) is 4.44. The minimum Gasteiger partial charge on any atom is -0.306 e. The Morgan fingerprint density at radius 2 is 1.88 bits per heavy atom. The predicted octanol–water partition coefficient (Wildman–Crippen LogP) is 5.24. The number of carbonyl (C=O) groups is 1. The highest BCUT2D eigenvalue weighted by Gasteiger charge is 2.12. The number of hydrogen-bond donors (Lipinski definition) is 3. The molecule has 3 heterocycles. The Morgan fingerprint density at radius 3 is 2.62 bits per heavy atom. The van der Waals surface area contributed by atoms with Crippen LogP contribution in [-0.2, 0) is 7.05 Å². The standard InChI is InChI=1S/C21H18Cl2FN7O/c1-10-6-18(27-20-19(10)11(2)30-31(20)3)28-29-21(32)25-13-8-16(26-17(23)9-13)12-4-5-15(24)14(22)7-12/h4-9H,1-3H3,(H,27,28)(H2,25,26,29,32). The van der Waals surface area contributed by atoms with Crippen LogP contribution in [0.25, 0.3) is 22.3 Å². The van der Waals surface area contributed by atoms with E-state index in [0.717, 1.165) is 16.6 Å². The number of anilines is 2. The van der Waals surface area contributed by atoms with Crippen LogP contribution in [0.5, 0.6) is 0 Å². The Balaban J connectivity index is 1.49. The molecule has 32 heavy (non-hydrogen) atoms. The molecule has 4 aromatic rings. The first kappa shape index (κ1) is 21.8. The number of halogens is 3. The Bertz CT molecular complexity index is 1360. The number of nitrogens with one attached hydrogen (secondary N) is 3. The molecule has 0 spiro atoms. The molecule has 1 aromatic carbocycles. The molecule has 0 aliphatic rings. The fraction of sp³-hybridized carbons (Fsp3) is 0.143. The zero-order valence-electron chi connectivity index (χ0n) is 17.3. The molecule has 0 aliphatic carbocycles. The molecule has 0 atom stereocenters. The number of rotatable bonds is 4. The van der Waals surface area contributed by atoms with Gasteiger partial charge in [-0.2, -0.15) is 5.10 Å². The van der Waals surface area contributed by atoms with Crippen LogP contribution < -0.4 is 16.2 Å². The SMILES string of the molecule is Cc1cc(NNC(=O)Nc2cc(Cl)nc(-c3ccc(F)c(Cl)c3)c2)nc2c1c(C)nn2C. The van der Waals surface area contributed by atoms with Gasteiger partial charge in [0.1, 0.15) is 16.8 Å². The van der Waals surface area contributed by atoms with Crippen molar-refractivity contribution in [3.8, 4) is 11.3 Å². The molecule has 2 amide bonds. The molecular formula is C21H18Cl2FN7O. The number of pyridine rings is 2. The molecule has 3 aromatic heterocycles. The summed E-state index contributed by atoms with van der Waals surface area (Å²) < 4.78 is 15.1. The second-order valence-electron chi connectivity index (χ2n) is 7.13. The highest BCUT2D eigenvalue weighted by atomic mass is 35.5. The van der Waals surface area contributed by atoms with Gasteiger partial charge in [-0.3, -0.25) is 15.5 Å². The number of aromatic nitrogens is 4. The number of fused-ring (bicyclic) bond motifs is 1. The van der Waals surface area contributed by atoms with Crippen LogP contribution >= 0.6 is 23.2 Å². The van der Waals surface area contributed by atoms with Crippen molar-refractivity contribution in [3.63, 3.8) is 0 Å². The summed E-state index contributed by atoms with van der Waals surface area (Å²) >= 11 is 11.9. The molecular weight excluding hydrogens is 456 g/mol. The minimum absolute atomic E-state index is 0.0379. The summed E-state index contributed by atoms with van der Waals surface area (Å²) in [6.45, 7) is 3.87. The number of carbonyl (C=O) groups excluding carboxylic acids is 1. The van der Waals surface area contributed by atoms with Gasteiger partial charge in [-0.25, -0.2) is 19.2 Å². The van der Waals surface area contributed by atoms with Gasteiger partial charge < -0.3 is 5.32 Å².